The van der Waals surface area contributed by atoms with E-state index in [1.807, 2.05) is 6.07 Å². The molecule has 0 radical (unpaired) electrons. The van der Waals surface area contributed by atoms with Gasteiger partial charge in [-0.3, -0.25) is 10.1 Å². The molecule has 0 aliphatic heterocycles. The fraction of sp³-hybridized carbons (Fsp3) is 0.200. The molecule has 0 heterocycles. The molecule has 2 aromatic carbocycles. The van der Waals surface area contributed by atoms with Crippen molar-refractivity contribution in [3.05, 3.63) is 69.8 Å². The number of hydrogen-bond donors (Lipinski definition) is 2. The van der Waals surface area contributed by atoms with E-state index in [-0.39, 0.29) is 10.6 Å². The third-order valence-electron chi connectivity index (χ3n) is 3.29. The summed E-state index contributed by atoms with van der Waals surface area (Å²) in [5.74, 6) is 0. The van der Waals surface area contributed by atoms with Gasteiger partial charge in [-0.15, -0.1) is 0 Å². The Hall–Kier alpha value is -2.29. The Morgan fingerprint density at radius 1 is 1.09 bits per heavy atom. The topological polar surface area (TPSA) is 115 Å². The van der Waals surface area contributed by atoms with Gasteiger partial charge in [0.1, 0.15) is 0 Å². The van der Waals surface area contributed by atoms with Crippen LogP contribution in [0.15, 0.2) is 53.4 Å². The van der Waals surface area contributed by atoms with Crippen LogP contribution in [-0.4, -0.2) is 19.9 Å². The molecule has 7 nitrogen and oxygen atoms in total. The van der Waals surface area contributed by atoms with Crippen molar-refractivity contribution in [2.75, 3.05) is 6.54 Å². The molecule has 0 saturated heterocycles. The second-order valence-electron chi connectivity index (χ2n) is 5.04. The van der Waals surface area contributed by atoms with Gasteiger partial charge in [-0.25, -0.2) is 13.6 Å². The van der Waals surface area contributed by atoms with Crippen LogP contribution in [0.5, 0.6) is 0 Å². The third kappa shape index (κ3) is 5.13. The predicted octanol–water partition coefficient (Wildman–Crippen LogP) is 1.57. The number of benzene rings is 2. The SMILES string of the molecule is NS(=O)(=O)c1ccc(CCNCc2cccc([N+](=O)[O-])c2)cc1. The Labute approximate surface area is 134 Å². The second-order valence-corrected chi connectivity index (χ2v) is 6.60. The zero-order valence-electron chi connectivity index (χ0n) is 12.3. The van der Waals surface area contributed by atoms with Gasteiger partial charge in [0.25, 0.3) is 5.69 Å². The minimum Gasteiger partial charge on any atom is -0.312 e. The molecule has 23 heavy (non-hydrogen) atoms. The first-order valence-electron chi connectivity index (χ1n) is 6.92. The van der Waals surface area contributed by atoms with Crippen LogP contribution in [0, 0.1) is 10.1 Å². The summed E-state index contributed by atoms with van der Waals surface area (Å²) >= 11 is 0. The van der Waals surface area contributed by atoms with Gasteiger partial charge >= 0.3 is 0 Å². The zero-order valence-corrected chi connectivity index (χ0v) is 13.1. The Balaban J connectivity index is 1.84. The van der Waals surface area contributed by atoms with Gasteiger partial charge in [0.15, 0.2) is 0 Å². The molecule has 0 fully saturated rings. The minimum absolute atomic E-state index is 0.0721. The van der Waals surface area contributed by atoms with Gasteiger partial charge in [-0.05, 0) is 36.2 Å². The molecule has 122 valence electrons. The van der Waals surface area contributed by atoms with Gasteiger partial charge in [0.2, 0.25) is 10.0 Å². The van der Waals surface area contributed by atoms with Crippen LogP contribution in [0.2, 0.25) is 0 Å². The lowest BCUT2D eigenvalue weighted by molar-refractivity contribution is -0.384. The maximum atomic E-state index is 11.2. The van der Waals surface area contributed by atoms with E-state index in [1.165, 1.54) is 24.3 Å². The number of nitrogens with two attached hydrogens (primary N) is 1. The maximum absolute atomic E-state index is 11.2. The number of nitro groups is 1. The third-order valence-corrected chi connectivity index (χ3v) is 4.22. The quantitative estimate of drug-likeness (QED) is 0.453. The molecule has 0 aromatic heterocycles. The molecule has 0 bridgehead atoms. The van der Waals surface area contributed by atoms with Crippen molar-refractivity contribution in [3.63, 3.8) is 0 Å². The summed E-state index contributed by atoms with van der Waals surface area (Å²) in [5, 5.41) is 18.9. The molecule has 2 aromatic rings. The normalized spacial score (nSPS) is 11.3. The first-order chi connectivity index (χ1) is 10.9. The first-order valence-corrected chi connectivity index (χ1v) is 8.47. The molecule has 2 rings (SSSR count). The predicted molar refractivity (Wildman–Crippen MR) is 86.3 cm³/mol. The largest absolute Gasteiger partial charge is 0.312 e. The van der Waals surface area contributed by atoms with Crippen LogP contribution in [-0.2, 0) is 23.0 Å². The van der Waals surface area contributed by atoms with Crippen LogP contribution >= 0.6 is 0 Å². The molecule has 0 unspecified atom stereocenters. The highest BCUT2D eigenvalue weighted by Gasteiger charge is 2.07. The first kappa shape index (κ1) is 17.1. The van der Waals surface area contributed by atoms with Crippen molar-refractivity contribution in [1.29, 1.82) is 0 Å². The molecule has 0 spiro atoms. The fourth-order valence-corrected chi connectivity index (χ4v) is 2.61. The van der Waals surface area contributed by atoms with Gasteiger partial charge < -0.3 is 5.32 Å². The van der Waals surface area contributed by atoms with E-state index in [1.54, 1.807) is 18.2 Å². The lowest BCUT2D eigenvalue weighted by Crippen LogP contribution is -2.17. The molecule has 0 amide bonds. The van der Waals surface area contributed by atoms with Crippen molar-refractivity contribution in [1.82, 2.24) is 5.32 Å². The van der Waals surface area contributed by atoms with Gasteiger partial charge in [-0.1, -0.05) is 24.3 Å². The van der Waals surface area contributed by atoms with Crippen molar-refractivity contribution in [2.45, 2.75) is 17.9 Å². The van der Waals surface area contributed by atoms with Gasteiger partial charge in [-0.2, -0.15) is 0 Å². The van der Waals surface area contributed by atoms with Crippen LogP contribution in [0.1, 0.15) is 11.1 Å². The van der Waals surface area contributed by atoms with Crippen LogP contribution < -0.4 is 10.5 Å². The summed E-state index contributed by atoms with van der Waals surface area (Å²) in [6, 6.07) is 12.9. The highest BCUT2D eigenvalue weighted by molar-refractivity contribution is 7.89. The fourth-order valence-electron chi connectivity index (χ4n) is 2.09. The Kier molecular flexibility index (Phi) is 5.43. The van der Waals surface area contributed by atoms with E-state index >= 15 is 0 Å². The smallest absolute Gasteiger partial charge is 0.269 e. The van der Waals surface area contributed by atoms with Crippen LogP contribution in [0.3, 0.4) is 0 Å². The van der Waals surface area contributed by atoms with E-state index in [9.17, 15) is 18.5 Å². The van der Waals surface area contributed by atoms with Crippen molar-refractivity contribution in [2.24, 2.45) is 5.14 Å². The molecular formula is C15H17N3O4S. The summed E-state index contributed by atoms with van der Waals surface area (Å²) < 4.78 is 22.3. The van der Waals surface area contributed by atoms with Gasteiger partial charge in [0.05, 0.1) is 9.82 Å². The lowest BCUT2D eigenvalue weighted by atomic mass is 10.1. The van der Waals surface area contributed by atoms with Crippen LogP contribution in [0.25, 0.3) is 0 Å². The standard InChI is InChI=1S/C15H17N3O4S/c16-23(21,22)15-6-4-12(5-7-15)8-9-17-11-13-2-1-3-14(10-13)18(19)20/h1-7,10,17H,8-9,11H2,(H2,16,21,22). The van der Waals surface area contributed by atoms with Gasteiger partial charge in [0, 0.05) is 18.7 Å². The van der Waals surface area contributed by atoms with E-state index in [0.717, 1.165) is 11.1 Å². The number of hydrogen-bond acceptors (Lipinski definition) is 5. The highest BCUT2D eigenvalue weighted by atomic mass is 32.2. The Morgan fingerprint density at radius 2 is 1.78 bits per heavy atom. The molecular weight excluding hydrogens is 318 g/mol. The molecule has 3 N–H and O–H groups in total. The van der Waals surface area contributed by atoms with Crippen molar-refractivity contribution >= 4 is 15.7 Å². The van der Waals surface area contributed by atoms with Crippen molar-refractivity contribution < 1.29 is 13.3 Å². The number of nitrogens with one attached hydrogen (secondary N) is 1. The van der Waals surface area contributed by atoms with E-state index in [4.69, 9.17) is 5.14 Å². The number of nitro benzene ring substituents is 1. The van der Waals surface area contributed by atoms with Crippen molar-refractivity contribution in [3.8, 4) is 0 Å². The summed E-state index contributed by atoms with van der Waals surface area (Å²) in [4.78, 5) is 10.4. The summed E-state index contributed by atoms with van der Waals surface area (Å²) in [5.41, 5.74) is 1.88. The Morgan fingerprint density at radius 3 is 2.39 bits per heavy atom. The number of non-ortho nitro benzene ring substituents is 1. The maximum Gasteiger partial charge on any atom is 0.269 e. The Bertz CT molecular complexity index is 789. The van der Waals surface area contributed by atoms with E-state index in [2.05, 4.69) is 5.32 Å². The molecule has 0 saturated carbocycles. The highest BCUT2D eigenvalue weighted by Crippen LogP contribution is 2.13. The average Bonchev–Trinajstić information content (AvgIpc) is 2.51. The minimum atomic E-state index is -3.66. The summed E-state index contributed by atoms with van der Waals surface area (Å²) in [6.45, 7) is 1.19. The number of sulfonamides is 1. The molecule has 8 heteroatoms. The lowest BCUT2D eigenvalue weighted by Gasteiger charge is -2.06. The molecule has 0 atom stereocenters. The van der Waals surface area contributed by atoms with E-state index < -0.39 is 14.9 Å². The molecule has 0 aliphatic carbocycles. The average molecular weight is 335 g/mol. The number of rotatable bonds is 7. The molecule has 0 aliphatic rings. The van der Waals surface area contributed by atoms with Crippen LogP contribution in [0.4, 0.5) is 5.69 Å². The summed E-state index contributed by atoms with van der Waals surface area (Å²) in [7, 11) is -3.66. The summed E-state index contributed by atoms with van der Waals surface area (Å²) in [6.07, 6.45) is 0.708. The number of primary sulfonamides is 1. The number of nitrogens with zero attached hydrogens (tertiary/aromatic N) is 1. The monoisotopic (exact) mass is 335 g/mol. The zero-order chi connectivity index (χ0) is 16.9. The van der Waals surface area contributed by atoms with E-state index in [0.29, 0.717) is 19.5 Å². The second kappa shape index (κ2) is 7.32.